The second-order valence-corrected chi connectivity index (χ2v) is 7.25. The summed E-state index contributed by atoms with van der Waals surface area (Å²) in [6.45, 7) is 6.74. The Bertz CT molecular complexity index is 446. The van der Waals surface area contributed by atoms with Crippen LogP contribution in [0.2, 0.25) is 0 Å². The minimum atomic E-state index is -1.52. The average molecular weight is 280 g/mol. The molecular weight excluding hydrogens is 256 g/mol. The fourth-order valence-corrected chi connectivity index (χ4v) is 2.98. The predicted molar refractivity (Wildman–Crippen MR) is 75.0 cm³/mol. The van der Waals surface area contributed by atoms with Crippen molar-refractivity contribution < 1.29 is 19.4 Å². The molecule has 3 aliphatic carbocycles. The fourth-order valence-electron chi connectivity index (χ4n) is 2.98. The van der Waals surface area contributed by atoms with E-state index >= 15 is 0 Å². The van der Waals surface area contributed by atoms with E-state index in [9.17, 15) is 14.7 Å². The number of hydrogen-bond donors (Lipinski definition) is 1. The van der Waals surface area contributed by atoms with E-state index in [2.05, 4.69) is 12.2 Å². The lowest BCUT2D eigenvalue weighted by atomic mass is 9.67. The Balaban J connectivity index is 2.15. The largest absolute Gasteiger partial charge is 0.480 e. The van der Waals surface area contributed by atoms with Crippen LogP contribution in [0.25, 0.3) is 0 Å². The highest BCUT2D eigenvalue weighted by atomic mass is 16.5. The number of carboxylic acids is 1. The lowest BCUT2D eigenvalue weighted by Gasteiger charge is -2.41. The molecule has 0 spiro atoms. The molecule has 0 aliphatic heterocycles. The molecule has 4 nitrogen and oxygen atoms in total. The van der Waals surface area contributed by atoms with Crippen molar-refractivity contribution in [1.82, 2.24) is 0 Å². The second-order valence-electron chi connectivity index (χ2n) is 7.25. The first-order chi connectivity index (χ1) is 9.16. The molecule has 0 aromatic carbocycles. The molecule has 0 radical (unpaired) electrons. The van der Waals surface area contributed by atoms with Gasteiger partial charge in [-0.2, -0.15) is 0 Å². The first kappa shape index (κ1) is 15.1. The van der Waals surface area contributed by atoms with Gasteiger partial charge in [0.1, 0.15) is 6.10 Å². The quantitative estimate of drug-likeness (QED) is 0.490. The van der Waals surface area contributed by atoms with Gasteiger partial charge in [0.25, 0.3) is 0 Å². The van der Waals surface area contributed by atoms with Crippen molar-refractivity contribution in [3.8, 4) is 0 Å². The van der Waals surface area contributed by atoms with Crippen molar-refractivity contribution in [2.75, 3.05) is 0 Å². The van der Waals surface area contributed by atoms with E-state index in [0.717, 1.165) is 19.3 Å². The highest BCUT2D eigenvalue weighted by molar-refractivity contribution is 5.99. The van der Waals surface area contributed by atoms with Crippen LogP contribution in [-0.4, -0.2) is 23.1 Å². The van der Waals surface area contributed by atoms with Gasteiger partial charge >= 0.3 is 11.9 Å². The van der Waals surface area contributed by atoms with Crippen LogP contribution < -0.4 is 0 Å². The molecule has 1 fully saturated rings. The standard InChI is InChI=1S/C16H24O4/c1-15(2,3)16(4,13(17)18)14(19)20-12-9-10-5-7-11(12)8-6-10/h5,7,10-12H,6,8-9H2,1-4H3,(H,17,18). The Labute approximate surface area is 120 Å². The van der Waals surface area contributed by atoms with Crippen LogP contribution in [0.5, 0.6) is 0 Å². The number of esters is 1. The van der Waals surface area contributed by atoms with Crippen LogP contribution in [0.15, 0.2) is 12.2 Å². The number of hydrogen-bond acceptors (Lipinski definition) is 3. The van der Waals surface area contributed by atoms with Crippen LogP contribution in [-0.2, 0) is 14.3 Å². The average Bonchev–Trinajstić information content (AvgIpc) is 2.37. The maximum absolute atomic E-state index is 12.5. The normalized spacial score (nSPS) is 31.7. The number of carbonyl (C=O) groups is 2. The molecule has 4 heteroatoms. The molecular formula is C16H24O4. The first-order valence-electron chi connectivity index (χ1n) is 7.29. The molecule has 0 heterocycles. The lowest BCUT2D eigenvalue weighted by molar-refractivity contribution is -0.182. The van der Waals surface area contributed by atoms with Gasteiger partial charge in [0, 0.05) is 5.92 Å². The molecule has 2 bridgehead atoms. The number of carbonyl (C=O) groups excluding carboxylic acids is 1. The first-order valence-corrected chi connectivity index (χ1v) is 7.29. The SMILES string of the molecule is CC(C)(C)C(C)(C(=O)O)C(=O)OC1CC2C=CC1CC2. The number of ether oxygens (including phenoxy) is 1. The molecule has 0 amide bonds. The summed E-state index contributed by atoms with van der Waals surface area (Å²) in [6.07, 6.45) is 7.14. The maximum atomic E-state index is 12.5. The Morgan fingerprint density at radius 3 is 2.15 bits per heavy atom. The number of allylic oxidation sites excluding steroid dienone is 1. The molecule has 0 aromatic heterocycles. The van der Waals surface area contributed by atoms with Crippen LogP contribution in [0, 0.1) is 22.7 Å². The van der Waals surface area contributed by atoms with Crippen LogP contribution in [0.1, 0.15) is 47.0 Å². The molecule has 1 N–H and O–H groups in total. The second kappa shape index (κ2) is 4.90. The Morgan fingerprint density at radius 1 is 1.15 bits per heavy atom. The number of fused-ring (bicyclic) bond motifs is 2. The third-order valence-electron chi connectivity index (χ3n) is 5.11. The predicted octanol–water partition coefficient (Wildman–Crippen LogP) is 3.02. The third kappa shape index (κ3) is 2.36. The number of aliphatic carboxylic acids is 1. The lowest BCUT2D eigenvalue weighted by Crippen LogP contribution is -2.50. The van der Waals surface area contributed by atoms with E-state index < -0.39 is 22.8 Å². The van der Waals surface area contributed by atoms with Crippen LogP contribution in [0.4, 0.5) is 0 Å². The minimum absolute atomic E-state index is 0.160. The maximum Gasteiger partial charge on any atom is 0.324 e. The summed E-state index contributed by atoms with van der Waals surface area (Å²) in [5.74, 6) is -1.000. The number of rotatable bonds is 3. The van der Waals surface area contributed by atoms with Gasteiger partial charge in [-0.1, -0.05) is 32.9 Å². The van der Waals surface area contributed by atoms with E-state index in [1.807, 2.05) is 0 Å². The van der Waals surface area contributed by atoms with Crippen LogP contribution in [0.3, 0.4) is 0 Å². The van der Waals surface area contributed by atoms with Gasteiger partial charge in [-0.15, -0.1) is 0 Å². The van der Waals surface area contributed by atoms with Gasteiger partial charge in [0.2, 0.25) is 0 Å². The molecule has 4 unspecified atom stereocenters. The zero-order valence-corrected chi connectivity index (χ0v) is 12.7. The molecule has 0 saturated heterocycles. The van der Waals surface area contributed by atoms with Gasteiger partial charge in [-0.25, -0.2) is 0 Å². The van der Waals surface area contributed by atoms with E-state index in [1.54, 1.807) is 20.8 Å². The molecule has 4 atom stereocenters. The summed E-state index contributed by atoms with van der Waals surface area (Å²) in [6, 6.07) is 0. The fraction of sp³-hybridized carbons (Fsp3) is 0.750. The highest BCUT2D eigenvalue weighted by Gasteiger charge is 2.53. The van der Waals surface area contributed by atoms with Gasteiger partial charge in [-0.05, 0) is 37.5 Å². The van der Waals surface area contributed by atoms with E-state index in [1.165, 1.54) is 6.92 Å². The van der Waals surface area contributed by atoms with Crippen molar-refractivity contribution in [3.63, 3.8) is 0 Å². The van der Waals surface area contributed by atoms with Gasteiger partial charge in [0.05, 0.1) is 0 Å². The monoisotopic (exact) mass is 280 g/mol. The van der Waals surface area contributed by atoms with Crippen molar-refractivity contribution in [2.24, 2.45) is 22.7 Å². The summed E-state index contributed by atoms with van der Waals surface area (Å²) in [7, 11) is 0. The van der Waals surface area contributed by atoms with Crippen LogP contribution >= 0.6 is 0 Å². The summed E-state index contributed by atoms with van der Waals surface area (Å²) >= 11 is 0. The summed E-state index contributed by atoms with van der Waals surface area (Å²) < 4.78 is 5.61. The van der Waals surface area contributed by atoms with Crippen molar-refractivity contribution in [2.45, 2.75) is 53.1 Å². The molecule has 112 valence electrons. The third-order valence-corrected chi connectivity index (χ3v) is 5.11. The van der Waals surface area contributed by atoms with Crippen molar-refractivity contribution >= 4 is 11.9 Å². The van der Waals surface area contributed by atoms with Gasteiger partial charge in [0.15, 0.2) is 5.41 Å². The van der Waals surface area contributed by atoms with Crippen molar-refractivity contribution in [1.29, 1.82) is 0 Å². The van der Waals surface area contributed by atoms with E-state index in [4.69, 9.17) is 4.74 Å². The molecule has 20 heavy (non-hydrogen) atoms. The summed E-state index contributed by atoms with van der Waals surface area (Å²) in [4.78, 5) is 24.1. The zero-order valence-electron chi connectivity index (χ0n) is 12.7. The van der Waals surface area contributed by atoms with Gasteiger partial charge in [-0.3, -0.25) is 9.59 Å². The highest BCUT2D eigenvalue weighted by Crippen LogP contribution is 2.43. The topological polar surface area (TPSA) is 63.6 Å². The van der Waals surface area contributed by atoms with E-state index in [-0.39, 0.29) is 12.0 Å². The number of carboxylic acid groups (broad SMARTS) is 1. The van der Waals surface area contributed by atoms with Crippen molar-refractivity contribution in [3.05, 3.63) is 12.2 Å². The summed E-state index contributed by atoms with van der Waals surface area (Å²) in [5, 5.41) is 9.49. The Kier molecular flexibility index (Phi) is 3.69. The minimum Gasteiger partial charge on any atom is -0.480 e. The zero-order chi connectivity index (χ0) is 15.1. The smallest absolute Gasteiger partial charge is 0.324 e. The Morgan fingerprint density at radius 2 is 1.80 bits per heavy atom. The van der Waals surface area contributed by atoms with Gasteiger partial charge < -0.3 is 9.84 Å². The summed E-state index contributed by atoms with van der Waals surface area (Å²) in [5.41, 5.74) is -2.22. The molecule has 1 saturated carbocycles. The molecule has 0 aromatic rings. The molecule has 3 aliphatic rings. The Hall–Kier alpha value is -1.32. The van der Waals surface area contributed by atoms with E-state index in [0.29, 0.717) is 5.92 Å². The molecule has 3 rings (SSSR count).